The molecule has 5 heteroatoms. The number of benzene rings is 1. The molecule has 19 heavy (non-hydrogen) atoms. The van der Waals surface area contributed by atoms with Crippen LogP contribution in [0.25, 0.3) is 10.9 Å². The molecule has 2 rings (SSSR count). The minimum absolute atomic E-state index is 0.239. The lowest BCUT2D eigenvalue weighted by molar-refractivity contribution is -0.121. The SMILES string of the molecule is CC(NC(=O)c1cc2ccccc2[nH]1)C(C)C(N)=O. The molecule has 2 atom stereocenters. The first-order valence-electron chi connectivity index (χ1n) is 6.17. The van der Waals surface area contributed by atoms with Gasteiger partial charge in [0.1, 0.15) is 5.69 Å². The molecule has 1 heterocycles. The summed E-state index contributed by atoms with van der Waals surface area (Å²) < 4.78 is 0. The van der Waals surface area contributed by atoms with Crippen molar-refractivity contribution in [2.75, 3.05) is 0 Å². The van der Waals surface area contributed by atoms with Crippen LogP contribution in [0.4, 0.5) is 0 Å². The van der Waals surface area contributed by atoms with Crippen molar-refractivity contribution in [3.63, 3.8) is 0 Å². The molecule has 2 aromatic rings. The molecule has 100 valence electrons. The summed E-state index contributed by atoms with van der Waals surface area (Å²) in [6.45, 7) is 3.45. The molecule has 2 unspecified atom stereocenters. The maximum atomic E-state index is 12.1. The van der Waals surface area contributed by atoms with Crippen molar-refractivity contribution in [2.45, 2.75) is 19.9 Å². The number of carbonyl (C=O) groups is 2. The Bertz CT molecular complexity index is 585. The molecule has 4 N–H and O–H groups in total. The third-order valence-electron chi connectivity index (χ3n) is 3.33. The zero-order valence-corrected chi connectivity index (χ0v) is 10.9. The van der Waals surface area contributed by atoms with Crippen molar-refractivity contribution in [1.82, 2.24) is 10.3 Å². The van der Waals surface area contributed by atoms with Gasteiger partial charge in [0.15, 0.2) is 0 Å². The number of aromatic amines is 1. The van der Waals surface area contributed by atoms with Crippen molar-refractivity contribution in [3.8, 4) is 0 Å². The highest BCUT2D eigenvalue weighted by molar-refractivity contribution is 5.98. The molecule has 5 nitrogen and oxygen atoms in total. The smallest absolute Gasteiger partial charge is 0.267 e. The topological polar surface area (TPSA) is 88.0 Å². The highest BCUT2D eigenvalue weighted by Crippen LogP contribution is 2.14. The van der Waals surface area contributed by atoms with Gasteiger partial charge < -0.3 is 16.0 Å². The Kier molecular flexibility index (Phi) is 3.55. The molecule has 0 aliphatic carbocycles. The molecule has 0 radical (unpaired) electrons. The Balaban J connectivity index is 2.13. The minimum atomic E-state index is -0.426. The fourth-order valence-corrected chi connectivity index (χ4v) is 1.85. The predicted molar refractivity (Wildman–Crippen MR) is 73.6 cm³/mol. The van der Waals surface area contributed by atoms with E-state index in [4.69, 9.17) is 5.73 Å². The number of nitrogens with two attached hydrogens (primary N) is 1. The number of H-pyrrole nitrogens is 1. The molecular formula is C14H17N3O2. The maximum absolute atomic E-state index is 12.1. The molecule has 0 aliphatic heterocycles. The van der Waals surface area contributed by atoms with Crippen LogP contribution in [0.3, 0.4) is 0 Å². The summed E-state index contributed by atoms with van der Waals surface area (Å²) in [7, 11) is 0. The van der Waals surface area contributed by atoms with Crippen LogP contribution in [0.2, 0.25) is 0 Å². The number of nitrogens with one attached hydrogen (secondary N) is 2. The average Bonchev–Trinajstić information content (AvgIpc) is 2.81. The van der Waals surface area contributed by atoms with E-state index in [0.29, 0.717) is 5.69 Å². The van der Waals surface area contributed by atoms with E-state index in [1.807, 2.05) is 24.3 Å². The summed E-state index contributed by atoms with van der Waals surface area (Å²) in [5.41, 5.74) is 6.60. The highest BCUT2D eigenvalue weighted by atomic mass is 16.2. The minimum Gasteiger partial charge on any atom is -0.369 e. The van der Waals surface area contributed by atoms with Crippen LogP contribution in [-0.2, 0) is 4.79 Å². The van der Waals surface area contributed by atoms with Crippen LogP contribution in [0, 0.1) is 5.92 Å². The fraction of sp³-hybridized carbons (Fsp3) is 0.286. The number of carbonyl (C=O) groups excluding carboxylic acids is 2. The quantitative estimate of drug-likeness (QED) is 0.775. The predicted octanol–water partition coefficient (Wildman–Crippen LogP) is 1.41. The van der Waals surface area contributed by atoms with Crippen molar-refractivity contribution in [2.24, 2.45) is 11.7 Å². The van der Waals surface area contributed by atoms with Gasteiger partial charge in [-0.3, -0.25) is 9.59 Å². The Hall–Kier alpha value is -2.30. The largest absolute Gasteiger partial charge is 0.369 e. The highest BCUT2D eigenvalue weighted by Gasteiger charge is 2.20. The van der Waals surface area contributed by atoms with E-state index < -0.39 is 11.8 Å². The number of hydrogen-bond donors (Lipinski definition) is 3. The van der Waals surface area contributed by atoms with Gasteiger partial charge in [0.05, 0.1) is 5.92 Å². The third-order valence-corrected chi connectivity index (χ3v) is 3.33. The summed E-state index contributed by atoms with van der Waals surface area (Å²) >= 11 is 0. The van der Waals surface area contributed by atoms with Gasteiger partial charge in [-0.1, -0.05) is 25.1 Å². The number of rotatable bonds is 4. The first kappa shape index (κ1) is 13.1. The number of fused-ring (bicyclic) bond motifs is 1. The summed E-state index contributed by atoms with van der Waals surface area (Å²) in [6, 6.07) is 9.12. The van der Waals surface area contributed by atoms with E-state index in [-0.39, 0.29) is 11.9 Å². The summed E-state index contributed by atoms with van der Waals surface area (Å²) in [5, 5.41) is 3.74. The average molecular weight is 259 g/mol. The van der Waals surface area contributed by atoms with Crippen LogP contribution in [0.5, 0.6) is 0 Å². The van der Waals surface area contributed by atoms with E-state index in [1.54, 1.807) is 19.9 Å². The second-order valence-electron chi connectivity index (χ2n) is 4.72. The number of para-hydroxylation sites is 1. The lowest BCUT2D eigenvalue weighted by Gasteiger charge is -2.17. The molecule has 0 saturated carbocycles. The van der Waals surface area contributed by atoms with Gasteiger partial charge in [-0.05, 0) is 19.1 Å². The molecule has 1 aromatic carbocycles. The van der Waals surface area contributed by atoms with Gasteiger partial charge in [-0.2, -0.15) is 0 Å². The molecule has 0 bridgehead atoms. The number of primary amides is 1. The Morgan fingerprint density at radius 2 is 1.95 bits per heavy atom. The first-order chi connectivity index (χ1) is 8.99. The zero-order valence-electron chi connectivity index (χ0n) is 10.9. The van der Waals surface area contributed by atoms with Crippen LogP contribution in [0.15, 0.2) is 30.3 Å². The van der Waals surface area contributed by atoms with Crippen molar-refractivity contribution < 1.29 is 9.59 Å². The van der Waals surface area contributed by atoms with E-state index in [9.17, 15) is 9.59 Å². The second kappa shape index (κ2) is 5.14. The van der Waals surface area contributed by atoms with Gasteiger partial charge in [-0.15, -0.1) is 0 Å². The monoisotopic (exact) mass is 259 g/mol. The summed E-state index contributed by atoms with van der Waals surface area (Å²) in [5.74, 6) is -1.07. The number of amides is 2. The summed E-state index contributed by atoms with van der Waals surface area (Å²) in [4.78, 5) is 26.2. The number of hydrogen-bond acceptors (Lipinski definition) is 2. The third kappa shape index (κ3) is 2.76. The lowest BCUT2D eigenvalue weighted by atomic mass is 10.0. The van der Waals surface area contributed by atoms with E-state index in [2.05, 4.69) is 10.3 Å². The van der Waals surface area contributed by atoms with Crippen molar-refractivity contribution in [1.29, 1.82) is 0 Å². The maximum Gasteiger partial charge on any atom is 0.267 e. The van der Waals surface area contributed by atoms with Gasteiger partial charge in [0.25, 0.3) is 5.91 Å². The van der Waals surface area contributed by atoms with Crippen molar-refractivity contribution >= 4 is 22.7 Å². The Morgan fingerprint density at radius 1 is 1.26 bits per heavy atom. The summed E-state index contributed by atoms with van der Waals surface area (Å²) in [6.07, 6.45) is 0. The molecular weight excluding hydrogens is 242 g/mol. The lowest BCUT2D eigenvalue weighted by Crippen LogP contribution is -2.42. The molecule has 1 aromatic heterocycles. The van der Waals surface area contributed by atoms with Crippen LogP contribution >= 0.6 is 0 Å². The molecule has 0 saturated heterocycles. The van der Waals surface area contributed by atoms with E-state index in [0.717, 1.165) is 10.9 Å². The Labute approximate surface area is 111 Å². The zero-order chi connectivity index (χ0) is 14.0. The van der Waals surface area contributed by atoms with Crippen LogP contribution in [-0.4, -0.2) is 22.8 Å². The van der Waals surface area contributed by atoms with Gasteiger partial charge in [0, 0.05) is 16.9 Å². The van der Waals surface area contributed by atoms with Gasteiger partial charge in [-0.25, -0.2) is 0 Å². The Morgan fingerprint density at radius 3 is 2.58 bits per heavy atom. The van der Waals surface area contributed by atoms with E-state index in [1.165, 1.54) is 0 Å². The standard InChI is InChI=1S/C14H17N3O2/c1-8(13(15)18)9(2)16-14(19)12-7-10-5-3-4-6-11(10)17-12/h3-9,17H,1-2H3,(H2,15,18)(H,16,19). The molecule has 0 fully saturated rings. The van der Waals surface area contributed by atoms with Gasteiger partial charge >= 0.3 is 0 Å². The van der Waals surface area contributed by atoms with Crippen LogP contribution < -0.4 is 11.1 Å². The first-order valence-corrected chi connectivity index (χ1v) is 6.17. The normalized spacial score (nSPS) is 14.0. The molecule has 0 aliphatic rings. The second-order valence-corrected chi connectivity index (χ2v) is 4.72. The van der Waals surface area contributed by atoms with Crippen LogP contribution in [0.1, 0.15) is 24.3 Å². The van der Waals surface area contributed by atoms with Gasteiger partial charge in [0.2, 0.25) is 5.91 Å². The molecule has 2 amide bonds. The van der Waals surface area contributed by atoms with Crippen molar-refractivity contribution in [3.05, 3.63) is 36.0 Å². The fourth-order valence-electron chi connectivity index (χ4n) is 1.85. The van der Waals surface area contributed by atoms with E-state index >= 15 is 0 Å². The number of aromatic nitrogens is 1. The molecule has 0 spiro atoms.